The lowest BCUT2D eigenvalue weighted by atomic mass is 10.0. The summed E-state index contributed by atoms with van der Waals surface area (Å²) in [6, 6.07) is 6.12. The molecule has 0 saturated heterocycles. The fraction of sp³-hybridized carbons (Fsp3) is 0.357. The van der Waals surface area contributed by atoms with Crippen LogP contribution in [0.2, 0.25) is 5.02 Å². The van der Waals surface area contributed by atoms with Crippen molar-refractivity contribution in [2.75, 3.05) is 0 Å². The van der Waals surface area contributed by atoms with Gasteiger partial charge in [-0.15, -0.1) is 0 Å². The van der Waals surface area contributed by atoms with Crippen LogP contribution in [-0.4, -0.2) is 15.6 Å². The van der Waals surface area contributed by atoms with Gasteiger partial charge in [0.05, 0.1) is 0 Å². The van der Waals surface area contributed by atoms with Crippen molar-refractivity contribution in [1.82, 2.24) is 9.55 Å². The molecular weight excluding hydrogens is 278 g/mol. The minimum Gasteiger partial charge on any atom is -0.329 e. The summed E-state index contributed by atoms with van der Waals surface area (Å²) < 4.78 is 2.00. The molecule has 102 valence electrons. The van der Waals surface area contributed by atoms with Crippen molar-refractivity contribution in [3.8, 4) is 0 Å². The average molecular weight is 296 g/mol. The first-order chi connectivity index (χ1) is 9.10. The molecule has 1 aromatic carbocycles. The molecule has 0 saturated carbocycles. The van der Waals surface area contributed by atoms with Crippen LogP contribution in [0.1, 0.15) is 18.9 Å². The summed E-state index contributed by atoms with van der Waals surface area (Å²) >= 11 is 7.73. The van der Waals surface area contributed by atoms with Crippen LogP contribution in [-0.2, 0) is 13.5 Å². The predicted molar refractivity (Wildman–Crippen MR) is 80.8 cm³/mol. The molecule has 1 unspecified atom stereocenters. The van der Waals surface area contributed by atoms with Crippen molar-refractivity contribution in [2.45, 2.75) is 35.9 Å². The smallest absolute Gasteiger partial charge is 0.172 e. The van der Waals surface area contributed by atoms with Gasteiger partial charge in [-0.05, 0) is 36.6 Å². The van der Waals surface area contributed by atoms with Gasteiger partial charge in [-0.2, -0.15) is 0 Å². The molecule has 1 atom stereocenters. The zero-order valence-electron chi connectivity index (χ0n) is 11.1. The summed E-state index contributed by atoms with van der Waals surface area (Å²) in [7, 11) is 1.99. The van der Waals surface area contributed by atoms with Gasteiger partial charge in [-0.3, -0.25) is 0 Å². The van der Waals surface area contributed by atoms with Gasteiger partial charge in [0.1, 0.15) is 0 Å². The molecule has 0 bridgehead atoms. The van der Waals surface area contributed by atoms with Crippen molar-refractivity contribution in [3.05, 3.63) is 41.2 Å². The minimum absolute atomic E-state index is 0.166. The van der Waals surface area contributed by atoms with Gasteiger partial charge in [0.25, 0.3) is 0 Å². The first-order valence-electron chi connectivity index (χ1n) is 6.29. The van der Waals surface area contributed by atoms with E-state index in [2.05, 4.69) is 11.9 Å². The molecule has 0 amide bonds. The zero-order chi connectivity index (χ0) is 13.8. The van der Waals surface area contributed by atoms with Crippen LogP contribution in [0.5, 0.6) is 0 Å². The molecule has 0 fully saturated rings. The van der Waals surface area contributed by atoms with Crippen molar-refractivity contribution < 1.29 is 0 Å². The lowest BCUT2D eigenvalue weighted by Crippen LogP contribution is -2.21. The maximum absolute atomic E-state index is 6.09. The van der Waals surface area contributed by atoms with Crippen LogP contribution < -0.4 is 5.73 Å². The van der Waals surface area contributed by atoms with Gasteiger partial charge in [-0.25, -0.2) is 4.98 Å². The quantitative estimate of drug-likeness (QED) is 0.918. The van der Waals surface area contributed by atoms with E-state index in [1.807, 2.05) is 36.0 Å². The Morgan fingerprint density at radius 1 is 1.47 bits per heavy atom. The fourth-order valence-electron chi connectivity index (χ4n) is 1.78. The third-order valence-electron chi connectivity index (χ3n) is 3.01. The number of imidazole rings is 1. The second kappa shape index (κ2) is 6.46. The number of halogens is 1. The highest BCUT2D eigenvalue weighted by molar-refractivity contribution is 7.99. The number of hydrogen-bond donors (Lipinski definition) is 1. The van der Waals surface area contributed by atoms with Gasteiger partial charge < -0.3 is 10.3 Å². The van der Waals surface area contributed by atoms with Gasteiger partial charge >= 0.3 is 0 Å². The monoisotopic (exact) mass is 295 g/mol. The number of rotatable bonds is 5. The summed E-state index contributed by atoms with van der Waals surface area (Å²) in [6.45, 7) is 2.10. The van der Waals surface area contributed by atoms with E-state index in [-0.39, 0.29) is 6.04 Å². The van der Waals surface area contributed by atoms with Crippen LogP contribution in [0.3, 0.4) is 0 Å². The van der Waals surface area contributed by atoms with Crippen molar-refractivity contribution in [1.29, 1.82) is 0 Å². The molecule has 2 rings (SSSR count). The third kappa shape index (κ3) is 3.75. The molecular formula is C14H18ClN3S. The van der Waals surface area contributed by atoms with Gasteiger partial charge in [0.15, 0.2) is 5.16 Å². The van der Waals surface area contributed by atoms with Crippen LogP contribution in [0.15, 0.2) is 40.6 Å². The van der Waals surface area contributed by atoms with Crippen molar-refractivity contribution in [3.63, 3.8) is 0 Å². The van der Waals surface area contributed by atoms with Crippen LogP contribution in [0.4, 0.5) is 0 Å². The number of aryl methyl sites for hydroxylation is 1. The molecule has 0 aliphatic carbocycles. The van der Waals surface area contributed by atoms with E-state index in [1.165, 1.54) is 10.5 Å². The van der Waals surface area contributed by atoms with E-state index in [0.29, 0.717) is 0 Å². The number of nitrogens with two attached hydrogens (primary N) is 1. The predicted octanol–water partition coefficient (Wildman–Crippen LogP) is 3.50. The van der Waals surface area contributed by atoms with E-state index in [4.69, 9.17) is 17.3 Å². The van der Waals surface area contributed by atoms with Crippen molar-refractivity contribution in [2.24, 2.45) is 12.8 Å². The largest absolute Gasteiger partial charge is 0.329 e. The summed E-state index contributed by atoms with van der Waals surface area (Å²) in [4.78, 5) is 5.50. The number of benzene rings is 1. The molecule has 3 nitrogen and oxygen atoms in total. The highest BCUT2D eigenvalue weighted by atomic mass is 35.5. The number of hydrogen-bond acceptors (Lipinski definition) is 3. The Morgan fingerprint density at radius 3 is 2.89 bits per heavy atom. The summed E-state index contributed by atoms with van der Waals surface area (Å²) in [5.74, 6) is 0. The van der Waals surface area contributed by atoms with E-state index in [9.17, 15) is 0 Å². The lowest BCUT2D eigenvalue weighted by Gasteiger charge is -2.13. The average Bonchev–Trinajstić information content (AvgIpc) is 2.78. The van der Waals surface area contributed by atoms with Gasteiger partial charge in [0, 0.05) is 35.4 Å². The third-order valence-corrected chi connectivity index (χ3v) is 4.44. The van der Waals surface area contributed by atoms with Gasteiger partial charge in [0.2, 0.25) is 0 Å². The number of nitrogens with zero attached hydrogens (tertiary/aromatic N) is 2. The standard InChI is InChI=1S/C14H18ClN3S/c1-3-12(16)9-10-8-11(15)4-5-13(10)19-14-17-6-7-18(14)2/h4-8,12H,3,9,16H2,1-2H3. The molecule has 1 heterocycles. The van der Waals surface area contributed by atoms with Gasteiger partial charge in [-0.1, -0.05) is 30.3 Å². The maximum Gasteiger partial charge on any atom is 0.172 e. The molecule has 0 radical (unpaired) electrons. The second-order valence-electron chi connectivity index (χ2n) is 4.55. The van der Waals surface area contributed by atoms with Crippen molar-refractivity contribution >= 4 is 23.4 Å². The van der Waals surface area contributed by atoms with E-state index < -0.39 is 0 Å². The number of aromatic nitrogens is 2. The Balaban J connectivity index is 2.26. The molecule has 19 heavy (non-hydrogen) atoms. The lowest BCUT2D eigenvalue weighted by molar-refractivity contribution is 0.641. The van der Waals surface area contributed by atoms with Crippen LogP contribution in [0, 0.1) is 0 Å². The molecule has 0 aliphatic heterocycles. The molecule has 2 aromatic rings. The SMILES string of the molecule is CCC(N)Cc1cc(Cl)ccc1Sc1nccn1C. The molecule has 0 aliphatic rings. The maximum atomic E-state index is 6.09. The summed E-state index contributed by atoms with van der Waals surface area (Å²) in [6.07, 6.45) is 5.54. The Hall–Kier alpha value is -0.970. The second-order valence-corrected chi connectivity index (χ2v) is 5.99. The van der Waals surface area contributed by atoms with Crippen LogP contribution in [0.25, 0.3) is 0 Å². The zero-order valence-corrected chi connectivity index (χ0v) is 12.7. The first-order valence-corrected chi connectivity index (χ1v) is 7.48. The molecule has 2 N–H and O–H groups in total. The van der Waals surface area contributed by atoms with E-state index >= 15 is 0 Å². The molecule has 0 spiro atoms. The highest BCUT2D eigenvalue weighted by Crippen LogP contribution is 2.31. The van der Waals surface area contributed by atoms with E-state index in [1.54, 1.807) is 18.0 Å². The molecule has 1 aromatic heterocycles. The summed E-state index contributed by atoms with van der Waals surface area (Å²) in [5.41, 5.74) is 7.24. The first kappa shape index (κ1) is 14.4. The Morgan fingerprint density at radius 2 is 2.26 bits per heavy atom. The Kier molecular flexibility index (Phi) is 4.91. The van der Waals surface area contributed by atoms with E-state index in [0.717, 1.165) is 23.0 Å². The normalized spacial score (nSPS) is 12.6. The highest BCUT2D eigenvalue weighted by Gasteiger charge is 2.11. The topological polar surface area (TPSA) is 43.8 Å². The minimum atomic E-state index is 0.166. The summed E-state index contributed by atoms with van der Waals surface area (Å²) in [5, 5.41) is 1.72. The Bertz CT molecular complexity index is 553. The Labute approximate surface area is 123 Å². The fourth-order valence-corrected chi connectivity index (χ4v) is 2.90. The molecule has 5 heteroatoms. The van der Waals surface area contributed by atoms with Crippen LogP contribution >= 0.6 is 23.4 Å².